The highest BCUT2D eigenvalue weighted by atomic mass is 32.2. The minimum atomic E-state index is -5.41. The van der Waals surface area contributed by atoms with Crippen LogP contribution in [0.5, 0.6) is 11.8 Å². The van der Waals surface area contributed by atoms with E-state index in [0.717, 1.165) is 47.0 Å². The van der Waals surface area contributed by atoms with Gasteiger partial charge in [0.1, 0.15) is 15.5 Å². The fourth-order valence-corrected chi connectivity index (χ4v) is 9.75. The van der Waals surface area contributed by atoms with Crippen molar-refractivity contribution in [2.45, 2.75) is 26.5 Å². The molecule has 0 saturated heterocycles. The van der Waals surface area contributed by atoms with Gasteiger partial charge in [-0.2, -0.15) is 48.6 Å². The number of nitrogens with one attached hydrogen (secondary N) is 3. The number of aromatic nitrogens is 4. The molecule has 2 heterocycles. The first-order chi connectivity index (χ1) is 31.8. The van der Waals surface area contributed by atoms with E-state index in [4.69, 9.17) is 4.74 Å². The fourth-order valence-electron chi connectivity index (χ4n) is 7.36. The van der Waals surface area contributed by atoms with Crippen LogP contribution in [0.15, 0.2) is 121 Å². The zero-order valence-electron chi connectivity index (χ0n) is 34.6. The van der Waals surface area contributed by atoms with Gasteiger partial charge < -0.3 is 25.3 Å². The molecule has 0 unspecified atom stereocenters. The maximum absolute atomic E-state index is 14.6. The molecule has 0 radical (unpaired) electrons. The average Bonchev–Trinajstić information content (AvgIpc) is 3.25. The van der Waals surface area contributed by atoms with Crippen LogP contribution in [0.4, 0.5) is 29.0 Å². The number of ether oxygens (including phenoxy) is 1. The number of pyridine rings is 1. The number of fused-ring (bicyclic) bond motifs is 2. The van der Waals surface area contributed by atoms with Crippen LogP contribution in [-0.2, 0) is 47.5 Å². The van der Waals surface area contributed by atoms with E-state index in [-0.39, 0.29) is 62.7 Å². The number of hydrogen-bond donors (Lipinski definition) is 7. The summed E-state index contributed by atoms with van der Waals surface area (Å²) in [5.41, 5.74) is -3.32. The van der Waals surface area contributed by atoms with E-state index in [1.807, 2.05) is 0 Å². The van der Waals surface area contributed by atoms with Crippen molar-refractivity contribution in [1.82, 2.24) is 19.5 Å². The van der Waals surface area contributed by atoms with Crippen LogP contribution >= 0.6 is 0 Å². The Bertz CT molecular complexity index is 3870. The molecular weight excluding hydrogens is 975 g/mol. The molecular formula is C41H31N7O16S4. The summed E-state index contributed by atoms with van der Waals surface area (Å²) in [6, 6.07) is 17.9. The first kappa shape index (κ1) is 47.0. The molecule has 23 nitrogen and oxygen atoms in total. The Hall–Kier alpha value is -7.50. The molecule has 0 amide bonds. The second-order valence-corrected chi connectivity index (χ2v) is 20.2. The average molecular weight is 1010 g/mol. The first-order valence-electron chi connectivity index (χ1n) is 19.2. The largest absolute Gasteiger partial charge is 0.424 e. The Labute approximate surface area is 384 Å². The normalized spacial score (nSPS) is 12.6. The lowest BCUT2D eigenvalue weighted by Gasteiger charge is -2.26. The zero-order valence-corrected chi connectivity index (χ0v) is 37.8. The number of benzene rings is 5. The second kappa shape index (κ2) is 17.0. The number of hydrogen-bond acceptors (Lipinski definition) is 18. The highest BCUT2D eigenvalue weighted by molar-refractivity contribution is 7.87. The molecule has 350 valence electrons. The standard InChI is InChI=1S/C41H31N7O16S4/c1-3-42-39-45-40(47-41(46-39)64-21-11-13-22(14-12-21)65(52,53)54)44-28-18-27(30(67(58,59)60)19-31(28)68(61,62)63)43-26-15-16-29-34-32(24-9-4-5-10-25(24)37(50)33(26)34)35(38(51)48(29)2)36(49)20-7-6-8-23(17-20)66(55,56)57/h4-19,43H,3H2,1-2H3,(H,52,53,54)(H,55,56,57)(H,58,59,60)(H,61,62,63)(H2,42,44,45,46,47). The van der Waals surface area contributed by atoms with E-state index < -0.39 is 106 Å². The van der Waals surface area contributed by atoms with Gasteiger partial charge in [0.15, 0.2) is 11.6 Å². The number of carbonyl (C=O) groups is 2. The number of rotatable bonds is 14. The van der Waals surface area contributed by atoms with Crippen LogP contribution in [0.3, 0.4) is 0 Å². The van der Waals surface area contributed by atoms with Gasteiger partial charge in [-0.05, 0) is 73.2 Å². The molecule has 68 heavy (non-hydrogen) atoms. The van der Waals surface area contributed by atoms with Crippen LogP contribution < -0.4 is 26.2 Å². The molecule has 0 aliphatic heterocycles. The predicted molar refractivity (Wildman–Crippen MR) is 241 cm³/mol. The highest BCUT2D eigenvalue weighted by Gasteiger charge is 2.35. The quantitative estimate of drug-likeness (QED) is 0.0564. The summed E-state index contributed by atoms with van der Waals surface area (Å²) in [6.07, 6.45) is 0. The predicted octanol–water partition coefficient (Wildman–Crippen LogP) is 4.86. The molecule has 8 rings (SSSR count). The number of anilines is 5. The first-order valence-corrected chi connectivity index (χ1v) is 25.0. The Morgan fingerprint density at radius 3 is 1.87 bits per heavy atom. The van der Waals surface area contributed by atoms with Crippen molar-refractivity contribution in [3.63, 3.8) is 0 Å². The van der Waals surface area contributed by atoms with Crippen LogP contribution in [-0.4, -0.2) is 89.5 Å². The van der Waals surface area contributed by atoms with Gasteiger partial charge in [0.05, 0.1) is 43.5 Å². The smallest absolute Gasteiger partial charge is 0.328 e. The summed E-state index contributed by atoms with van der Waals surface area (Å²) in [6.45, 7) is 1.90. The highest BCUT2D eigenvalue weighted by Crippen LogP contribution is 2.45. The molecule has 7 N–H and O–H groups in total. The third-order valence-electron chi connectivity index (χ3n) is 10.3. The van der Waals surface area contributed by atoms with Gasteiger partial charge in [0, 0.05) is 35.7 Å². The van der Waals surface area contributed by atoms with Crippen molar-refractivity contribution in [1.29, 1.82) is 0 Å². The van der Waals surface area contributed by atoms with E-state index >= 15 is 0 Å². The van der Waals surface area contributed by atoms with Crippen molar-refractivity contribution in [2.24, 2.45) is 7.05 Å². The molecule has 0 saturated carbocycles. The Balaban J connectivity index is 1.31. The third kappa shape index (κ3) is 8.89. The second-order valence-electron chi connectivity index (χ2n) is 14.6. The van der Waals surface area contributed by atoms with Crippen molar-refractivity contribution >= 4 is 91.9 Å². The van der Waals surface area contributed by atoms with Crippen LogP contribution in [0.1, 0.15) is 38.8 Å². The van der Waals surface area contributed by atoms with Gasteiger partial charge in [-0.25, -0.2) is 0 Å². The van der Waals surface area contributed by atoms with E-state index in [1.54, 1.807) is 6.92 Å². The maximum Gasteiger partial charge on any atom is 0.328 e. The number of ketones is 2. The summed E-state index contributed by atoms with van der Waals surface area (Å²) in [5.74, 6) is -2.41. The van der Waals surface area contributed by atoms with E-state index in [0.29, 0.717) is 6.07 Å². The number of nitrogens with zero attached hydrogens (tertiary/aromatic N) is 4. The lowest BCUT2D eigenvalue weighted by molar-refractivity contribution is 0.102. The lowest BCUT2D eigenvalue weighted by Crippen LogP contribution is -2.29. The SMILES string of the molecule is CCNc1nc(Nc2cc(Nc3ccc4c5c3C(=O)c3ccccc3-c5c(C(=O)c3cccc(S(=O)(=O)O)c3)c(=O)n4C)c(S(=O)(=O)O)cc2S(=O)(=O)O)nc(Oc2ccc(S(=O)(=O)O)cc2)n1. The molecule has 7 aromatic rings. The summed E-state index contributed by atoms with van der Waals surface area (Å²) in [4.78, 5) is 52.2. The van der Waals surface area contributed by atoms with Crippen molar-refractivity contribution in [3.05, 3.63) is 130 Å². The van der Waals surface area contributed by atoms with Gasteiger partial charge in [0.2, 0.25) is 11.9 Å². The minimum absolute atomic E-state index is 0.0160. The van der Waals surface area contributed by atoms with Gasteiger partial charge in [0.25, 0.3) is 46.0 Å². The van der Waals surface area contributed by atoms with Gasteiger partial charge >= 0.3 is 6.01 Å². The van der Waals surface area contributed by atoms with Crippen LogP contribution in [0.25, 0.3) is 22.0 Å². The van der Waals surface area contributed by atoms with Crippen LogP contribution in [0.2, 0.25) is 0 Å². The molecule has 5 aromatic carbocycles. The summed E-state index contributed by atoms with van der Waals surface area (Å²) >= 11 is 0. The van der Waals surface area contributed by atoms with E-state index in [2.05, 4.69) is 30.9 Å². The van der Waals surface area contributed by atoms with Gasteiger partial charge in [-0.1, -0.05) is 36.4 Å². The lowest BCUT2D eigenvalue weighted by atomic mass is 9.80. The monoisotopic (exact) mass is 1010 g/mol. The van der Waals surface area contributed by atoms with Gasteiger partial charge in [-0.15, -0.1) is 0 Å². The molecule has 0 bridgehead atoms. The summed E-state index contributed by atoms with van der Waals surface area (Å²) in [7, 11) is -18.9. The Kier molecular flexibility index (Phi) is 11.7. The topological polar surface area (TPSA) is 358 Å². The molecule has 2 aromatic heterocycles. The molecule has 0 atom stereocenters. The third-order valence-corrected chi connectivity index (χ3v) is 13.8. The molecule has 0 spiro atoms. The fraction of sp³-hybridized carbons (Fsp3) is 0.0732. The van der Waals surface area contributed by atoms with Crippen molar-refractivity contribution in [2.75, 3.05) is 22.5 Å². The molecule has 0 fully saturated rings. The van der Waals surface area contributed by atoms with Crippen molar-refractivity contribution in [3.8, 4) is 22.9 Å². The zero-order chi connectivity index (χ0) is 49.2. The van der Waals surface area contributed by atoms with Crippen LogP contribution in [0, 0.1) is 0 Å². The van der Waals surface area contributed by atoms with E-state index in [1.165, 1.54) is 55.6 Å². The summed E-state index contributed by atoms with van der Waals surface area (Å²) < 4.78 is 145. The summed E-state index contributed by atoms with van der Waals surface area (Å²) in [5, 5.41) is 8.09. The number of aryl methyl sites for hydroxylation is 1. The maximum atomic E-state index is 14.6. The van der Waals surface area contributed by atoms with Gasteiger partial charge in [-0.3, -0.25) is 32.6 Å². The number of carbonyl (C=O) groups excluding carboxylic acids is 2. The minimum Gasteiger partial charge on any atom is -0.424 e. The van der Waals surface area contributed by atoms with E-state index in [9.17, 15) is 66.3 Å². The molecule has 27 heteroatoms. The molecule has 1 aliphatic carbocycles. The Morgan fingerprint density at radius 1 is 0.632 bits per heavy atom. The molecule has 1 aliphatic rings. The van der Waals surface area contributed by atoms with Crippen molar-refractivity contribution < 1.29 is 66.2 Å². The Morgan fingerprint density at radius 2 is 1.25 bits per heavy atom.